The molecule has 1 rings (SSSR count). The van der Waals surface area contributed by atoms with Crippen molar-refractivity contribution < 1.29 is 4.79 Å². The minimum absolute atomic E-state index is 0.155. The lowest BCUT2D eigenvalue weighted by molar-refractivity contribution is -0.132. The molecule has 0 aliphatic heterocycles. The first-order valence-corrected chi connectivity index (χ1v) is 8.32. The zero-order chi connectivity index (χ0) is 14.4. The van der Waals surface area contributed by atoms with Crippen LogP contribution in [0.15, 0.2) is 4.34 Å². The third kappa shape index (κ3) is 4.65. The van der Waals surface area contributed by atoms with Crippen LogP contribution in [0.2, 0.25) is 0 Å². The second-order valence-electron chi connectivity index (χ2n) is 4.51. The maximum Gasteiger partial charge on any atom is 0.233 e. The number of nitrogens with two attached hydrogens (primary N) is 1. The lowest BCUT2D eigenvalue weighted by Crippen LogP contribution is -2.45. The van der Waals surface area contributed by atoms with Crippen LogP contribution in [0.3, 0.4) is 0 Å². The highest BCUT2D eigenvalue weighted by molar-refractivity contribution is 8.01. The third-order valence-electron chi connectivity index (χ3n) is 3.16. The van der Waals surface area contributed by atoms with E-state index in [4.69, 9.17) is 5.73 Å². The predicted molar refractivity (Wildman–Crippen MR) is 81.4 cm³/mol. The fourth-order valence-electron chi connectivity index (χ4n) is 1.80. The van der Waals surface area contributed by atoms with Gasteiger partial charge in [-0.05, 0) is 26.7 Å². The summed E-state index contributed by atoms with van der Waals surface area (Å²) >= 11 is 2.72. The summed E-state index contributed by atoms with van der Waals surface area (Å²) in [5, 5.41) is 8.10. The molecule has 1 aromatic heterocycles. The zero-order valence-electron chi connectivity index (χ0n) is 11.9. The number of rotatable bonds is 7. The van der Waals surface area contributed by atoms with E-state index >= 15 is 0 Å². The Morgan fingerprint density at radius 3 is 2.32 bits per heavy atom. The SMILES string of the molecule is CC[C@@H](C)N(C(=O)CSc1nnc(N)s1)[C@@H](C)CC. The maximum atomic E-state index is 12.4. The first-order valence-electron chi connectivity index (χ1n) is 6.52. The smallest absolute Gasteiger partial charge is 0.233 e. The fraction of sp³-hybridized carbons (Fsp3) is 0.750. The van der Waals surface area contributed by atoms with Crippen molar-refractivity contribution in [1.29, 1.82) is 0 Å². The van der Waals surface area contributed by atoms with Gasteiger partial charge in [-0.25, -0.2) is 0 Å². The van der Waals surface area contributed by atoms with Crippen LogP contribution >= 0.6 is 23.1 Å². The summed E-state index contributed by atoms with van der Waals surface area (Å²) in [6.07, 6.45) is 1.93. The molecule has 7 heteroatoms. The number of aromatic nitrogens is 2. The molecule has 0 aliphatic rings. The quantitative estimate of drug-likeness (QED) is 0.784. The number of carbonyl (C=O) groups excluding carboxylic acids is 1. The zero-order valence-corrected chi connectivity index (χ0v) is 13.6. The molecule has 0 radical (unpaired) electrons. The van der Waals surface area contributed by atoms with Crippen molar-refractivity contribution in [2.75, 3.05) is 11.5 Å². The summed E-state index contributed by atoms with van der Waals surface area (Å²) in [6, 6.07) is 0.532. The number of amides is 1. The minimum Gasteiger partial charge on any atom is -0.374 e. The van der Waals surface area contributed by atoms with Gasteiger partial charge in [-0.15, -0.1) is 10.2 Å². The Bertz CT molecular complexity index is 400. The summed E-state index contributed by atoms with van der Waals surface area (Å²) < 4.78 is 0.749. The van der Waals surface area contributed by atoms with Crippen molar-refractivity contribution in [2.24, 2.45) is 0 Å². The van der Waals surface area contributed by atoms with E-state index in [2.05, 4.69) is 37.9 Å². The van der Waals surface area contributed by atoms with Crippen molar-refractivity contribution in [3.05, 3.63) is 0 Å². The highest BCUT2D eigenvalue weighted by atomic mass is 32.2. The molecular weight excluding hydrogens is 280 g/mol. The number of nitrogen functional groups attached to an aromatic ring is 1. The van der Waals surface area contributed by atoms with E-state index in [1.54, 1.807) is 0 Å². The van der Waals surface area contributed by atoms with Crippen LogP contribution in [0.1, 0.15) is 40.5 Å². The molecule has 0 fully saturated rings. The highest BCUT2D eigenvalue weighted by Crippen LogP contribution is 2.24. The molecule has 0 bridgehead atoms. The molecule has 1 heterocycles. The molecule has 0 saturated heterocycles. The molecule has 5 nitrogen and oxygen atoms in total. The Morgan fingerprint density at radius 2 is 1.89 bits per heavy atom. The van der Waals surface area contributed by atoms with Gasteiger partial charge in [0.05, 0.1) is 5.75 Å². The fourth-order valence-corrected chi connectivity index (χ4v) is 3.30. The van der Waals surface area contributed by atoms with E-state index in [-0.39, 0.29) is 18.0 Å². The van der Waals surface area contributed by atoms with E-state index in [9.17, 15) is 4.79 Å². The van der Waals surface area contributed by atoms with Crippen molar-refractivity contribution >= 4 is 34.1 Å². The summed E-state index contributed by atoms with van der Waals surface area (Å²) in [4.78, 5) is 14.3. The normalized spacial score (nSPS) is 14.1. The largest absolute Gasteiger partial charge is 0.374 e. The molecule has 19 heavy (non-hydrogen) atoms. The van der Waals surface area contributed by atoms with Crippen molar-refractivity contribution in [2.45, 2.75) is 57.0 Å². The number of nitrogens with zero attached hydrogens (tertiary/aromatic N) is 3. The van der Waals surface area contributed by atoms with Gasteiger partial charge in [0.1, 0.15) is 0 Å². The van der Waals surface area contributed by atoms with Crippen LogP contribution in [0, 0.1) is 0 Å². The Balaban J connectivity index is 2.61. The van der Waals surface area contributed by atoms with Gasteiger partial charge < -0.3 is 10.6 Å². The number of hydrogen-bond donors (Lipinski definition) is 1. The van der Waals surface area contributed by atoms with Gasteiger partial charge in [0.2, 0.25) is 11.0 Å². The lowest BCUT2D eigenvalue weighted by Gasteiger charge is -2.33. The molecule has 0 aliphatic carbocycles. The van der Waals surface area contributed by atoms with Crippen molar-refractivity contribution in [1.82, 2.24) is 15.1 Å². The molecule has 2 N–H and O–H groups in total. The third-order valence-corrected chi connectivity index (χ3v) is 5.03. The minimum atomic E-state index is 0.155. The average Bonchev–Trinajstić information content (AvgIpc) is 2.81. The molecule has 0 aromatic carbocycles. The van der Waals surface area contributed by atoms with Crippen LogP contribution in [0.25, 0.3) is 0 Å². The number of thioether (sulfide) groups is 1. The predicted octanol–water partition coefficient (Wildman–Crippen LogP) is 2.64. The first kappa shape index (κ1) is 16.2. The second kappa shape index (κ2) is 7.69. The van der Waals surface area contributed by atoms with Gasteiger partial charge in [0.25, 0.3) is 0 Å². The van der Waals surface area contributed by atoms with Gasteiger partial charge in [-0.2, -0.15) is 0 Å². The summed E-state index contributed by atoms with van der Waals surface area (Å²) in [6.45, 7) is 8.40. The van der Waals surface area contributed by atoms with E-state index in [0.29, 0.717) is 10.9 Å². The Labute approximate surface area is 123 Å². The van der Waals surface area contributed by atoms with Crippen LogP contribution in [0.4, 0.5) is 5.13 Å². The number of hydrogen-bond acceptors (Lipinski definition) is 6. The van der Waals surface area contributed by atoms with Crippen molar-refractivity contribution in [3.63, 3.8) is 0 Å². The molecule has 1 amide bonds. The van der Waals surface area contributed by atoms with Gasteiger partial charge in [-0.3, -0.25) is 4.79 Å². The van der Waals surface area contributed by atoms with E-state index < -0.39 is 0 Å². The molecule has 2 atom stereocenters. The van der Waals surface area contributed by atoms with Crippen LogP contribution < -0.4 is 5.73 Å². The van der Waals surface area contributed by atoms with Gasteiger partial charge in [-0.1, -0.05) is 36.9 Å². The Kier molecular flexibility index (Phi) is 6.57. The summed E-state index contributed by atoms with van der Waals surface area (Å²) in [7, 11) is 0. The van der Waals surface area contributed by atoms with Gasteiger partial charge in [0.15, 0.2) is 4.34 Å². The second-order valence-corrected chi connectivity index (χ2v) is 6.74. The number of carbonyl (C=O) groups is 1. The monoisotopic (exact) mass is 302 g/mol. The molecule has 1 aromatic rings. The highest BCUT2D eigenvalue weighted by Gasteiger charge is 2.23. The standard InChI is InChI=1S/C12H22N4OS2/c1-5-8(3)16(9(4)6-2)10(17)7-18-12-15-14-11(13)19-12/h8-9H,5-7H2,1-4H3,(H2,13,14)/t8-,9+. The first-order chi connectivity index (χ1) is 8.99. The number of anilines is 1. The van der Waals surface area contributed by atoms with E-state index in [1.165, 1.54) is 23.1 Å². The topological polar surface area (TPSA) is 72.1 Å². The summed E-state index contributed by atoms with van der Waals surface area (Å²) in [5.41, 5.74) is 5.52. The van der Waals surface area contributed by atoms with E-state index in [0.717, 1.165) is 17.2 Å². The molecular formula is C12H22N4OS2. The molecule has 0 spiro atoms. The van der Waals surface area contributed by atoms with Crippen LogP contribution in [0.5, 0.6) is 0 Å². The van der Waals surface area contributed by atoms with Crippen LogP contribution in [-0.2, 0) is 4.79 Å². The lowest BCUT2D eigenvalue weighted by atomic mass is 10.1. The average molecular weight is 302 g/mol. The molecule has 0 saturated carbocycles. The Hall–Kier alpha value is -0.820. The molecule has 0 unspecified atom stereocenters. The Morgan fingerprint density at radius 1 is 1.32 bits per heavy atom. The maximum absolute atomic E-state index is 12.4. The van der Waals surface area contributed by atoms with Gasteiger partial charge >= 0.3 is 0 Å². The van der Waals surface area contributed by atoms with Gasteiger partial charge in [0, 0.05) is 12.1 Å². The van der Waals surface area contributed by atoms with Crippen LogP contribution in [-0.4, -0.2) is 38.8 Å². The van der Waals surface area contributed by atoms with E-state index in [1.807, 2.05) is 4.90 Å². The van der Waals surface area contributed by atoms with Crippen molar-refractivity contribution in [3.8, 4) is 0 Å². The molecule has 108 valence electrons. The summed E-state index contributed by atoms with van der Waals surface area (Å²) in [5.74, 6) is 0.547.